The maximum absolute atomic E-state index is 13.4. The number of rotatable bonds is 3. The van der Waals surface area contributed by atoms with Gasteiger partial charge in [-0.2, -0.15) is 13.2 Å². The van der Waals surface area contributed by atoms with E-state index in [0.29, 0.717) is 11.3 Å². The van der Waals surface area contributed by atoms with Gasteiger partial charge in [-0.15, -0.1) is 0 Å². The Balaban J connectivity index is 2.26. The molecule has 0 radical (unpaired) electrons. The molecule has 1 aliphatic carbocycles. The van der Waals surface area contributed by atoms with E-state index in [9.17, 15) is 18.0 Å². The minimum Gasteiger partial charge on any atom is -0.343 e. The zero-order chi connectivity index (χ0) is 16.8. The van der Waals surface area contributed by atoms with Crippen molar-refractivity contribution in [3.05, 3.63) is 47.2 Å². The van der Waals surface area contributed by atoms with Crippen LogP contribution >= 0.6 is 11.6 Å². The second-order valence-electron chi connectivity index (χ2n) is 5.83. The summed E-state index contributed by atoms with van der Waals surface area (Å²) in [6, 6.07) is 5.57. The molecule has 1 aromatic heterocycles. The van der Waals surface area contributed by atoms with Crippen LogP contribution in [0, 0.1) is 6.92 Å². The van der Waals surface area contributed by atoms with E-state index in [2.05, 4.69) is 0 Å². The summed E-state index contributed by atoms with van der Waals surface area (Å²) in [4.78, 5) is 11.6. The molecule has 0 atom stereocenters. The molecule has 2 nitrogen and oxygen atoms in total. The van der Waals surface area contributed by atoms with Crippen LogP contribution in [0.15, 0.2) is 30.5 Å². The van der Waals surface area contributed by atoms with Crippen LogP contribution in [0.1, 0.15) is 46.8 Å². The van der Waals surface area contributed by atoms with Crippen molar-refractivity contribution < 1.29 is 18.0 Å². The average Bonchev–Trinajstić information content (AvgIpc) is 2.73. The maximum Gasteiger partial charge on any atom is 0.417 e. The molecule has 0 spiro atoms. The Kier molecular flexibility index (Phi) is 4.00. The molecule has 1 saturated carbocycles. The molecular weight excluding hydrogens is 327 g/mol. The highest BCUT2D eigenvalue weighted by Gasteiger charge is 2.36. The third-order valence-electron chi connectivity index (χ3n) is 4.45. The second kappa shape index (κ2) is 5.71. The van der Waals surface area contributed by atoms with E-state index < -0.39 is 17.0 Å². The SMILES string of the molecule is Cc1c(C(=O)Cl)cn(C2CCC2)c1-c1ccccc1C(F)(F)F. The fourth-order valence-corrected chi connectivity index (χ4v) is 3.24. The molecule has 1 aromatic carbocycles. The Bertz CT molecular complexity index is 760. The highest BCUT2D eigenvalue weighted by Crippen LogP contribution is 2.43. The number of benzene rings is 1. The van der Waals surface area contributed by atoms with Gasteiger partial charge in [0.1, 0.15) is 0 Å². The molecule has 1 aliphatic rings. The van der Waals surface area contributed by atoms with E-state index in [-0.39, 0.29) is 17.2 Å². The van der Waals surface area contributed by atoms with E-state index in [1.54, 1.807) is 23.8 Å². The topological polar surface area (TPSA) is 22.0 Å². The molecule has 0 aliphatic heterocycles. The lowest BCUT2D eigenvalue weighted by Gasteiger charge is -2.30. The number of hydrogen-bond acceptors (Lipinski definition) is 1. The highest BCUT2D eigenvalue weighted by atomic mass is 35.5. The van der Waals surface area contributed by atoms with Crippen LogP contribution in [0.5, 0.6) is 0 Å². The Morgan fingerprint density at radius 3 is 2.43 bits per heavy atom. The van der Waals surface area contributed by atoms with Crippen molar-refractivity contribution >= 4 is 16.8 Å². The van der Waals surface area contributed by atoms with E-state index in [1.807, 2.05) is 0 Å². The first-order valence-corrected chi connectivity index (χ1v) is 7.76. The van der Waals surface area contributed by atoms with Gasteiger partial charge < -0.3 is 4.57 Å². The number of nitrogens with zero attached hydrogens (tertiary/aromatic N) is 1. The molecule has 6 heteroatoms. The fraction of sp³-hybridized carbons (Fsp3) is 0.353. The molecule has 0 amide bonds. The molecule has 0 N–H and O–H groups in total. The zero-order valence-corrected chi connectivity index (χ0v) is 13.2. The summed E-state index contributed by atoms with van der Waals surface area (Å²) in [7, 11) is 0. The summed E-state index contributed by atoms with van der Waals surface area (Å²) in [6.45, 7) is 1.65. The first-order valence-electron chi connectivity index (χ1n) is 7.38. The fourth-order valence-electron chi connectivity index (χ4n) is 3.05. The Labute approximate surface area is 136 Å². The zero-order valence-electron chi connectivity index (χ0n) is 12.5. The molecule has 1 fully saturated rings. The van der Waals surface area contributed by atoms with Crippen molar-refractivity contribution in [1.82, 2.24) is 4.57 Å². The lowest BCUT2D eigenvalue weighted by atomic mass is 9.91. The number of alkyl halides is 3. The highest BCUT2D eigenvalue weighted by molar-refractivity contribution is 6.68. The third-order valence-corrected chi connectivity index (χ3v) is 4.66. The summed E-state index contributed by atoms with van der Waals surface area (Å²) >= 11 is 5.60. The molecule has 3 rings (SSSR count). The van der Waals surface area contributed by atoms with Gasteiger partial charge in [0.15, 0.2) is 0 Å². The largest absolute Gasteiger partial charge is 0.417 e. The first-order chi connectivity index (χ1) is 10.8. The smallest absolute Gasteiger partial charge is 0.343 e. The van der Waals surface area contributed by atoms with Crippen LogP contribution < -0.4 is 0 Å². The molecule has 122 valence electrons. The lowest BCUT2D eigenvalue weighted by Crippen LogP contribution is -2.18. The van der Waals surface area contributed by atoms with Crippen molar-refractivity contribution in [3.63, 3.8) is 0 Å². The van der Waals surface area contributed by atoms with Gasteiger partial charge in [0.05, 0.1) is 16.8 Å². The third kappa shape index (κ3) is 2.78. The van der Waals surface area contributed by atoms with Crippen molar-refractivity contribution in [2.75, 3.05) is 0 Å². The van der Waals surface area contributed by atoms with Gasteiger partial charge in [-0.1, -0.05) is 18.2 Å². The molecule has 23 heavy (non-hydrogen) atoms. The van der Waals surface area contributed by atoms with Gasteiger partial charge in [-0.05, 0) is 49.4 Å². The van der Waals surface area contributed by atoms with E-state index in [0.717, 1.165) is 25.3 Å². The van der Waals surface area contributed by atoms with Crippen LogP contribution in [-0.4, -0.2) is 9.81 Å². The number of carbonyl (C=O) groups is 1. The molecular formula is C17H15ClF3NO. The van der Waals surface area contributed by atoms with Gasteiger partial charge in [-0.3, -0.25) is 4.79 Å². The number of hydrogen-bond donors (Lipinski definition) is 0. The standard InChI is InChI=1S/C17H15ClF3NO/c1-10-13(16(18)23)9-22(11-5-4-6-11)15(10)12-7-2-3-8-14(12)17(19,20)21/h2-3,7-9,11H,4-6H2,1H3. The quantitative estimate of drug-likeness (QED) is 0.667. The van der Waals surface area contributed by atoms with Gasteiger partial charge >= 0.3 is 6.18 Å². The summed E-state index contributed by atoms with van der Waals surface area (Å²) in [5.74, 6) is 0. The summed E-state index contributed by atoms with van der Waals surface area (Å²) in [6.07, 6.45) is -0.0390. The van der Waals surface area contributed by atoms with Gasteiger partial charge in [0, 0.05) is 17.8 Å². The Hall–Kier alpha value is -1.75. The average molecular weight is 342 g/mol. The molecule has 2 aromatic rings. The van der Waals surface area contributed by atoms with Crippen molar-refractivity contribution in [3.8, 4) is 11.3 Å². The van der Waals surface area contributed by atoms with Crippen LogP contribution in [0.25, 0.3) is 11.3 Å². The van der Waals surface area contributed by atoms with E-state index >= 15 is 0 Å². The van der Waals surface area contributed by atoms with Gasteiger partial charge in [0.25, 0.3) is 5.24 Å². The van der Waals surface area contributed by atoms with Crippen LogP contribution in [-0.2, 0) is 6.18 Å². The predicted octanol–water partition coefficient (Wildman–Crippen LogP) is 5.59. The van der Waals surface area contributed by atoms with Crippen molar-refractivity contribution in [2.45, 2.75) is 38.4 Å². The van der Waals surface area contributed by atoms with Gasteiger partial charge in [-0.25, -0.2) is 0 Å². The molecule has 0 saturated heterocycles. The Morgan fingerprint density at radius 2 is 1.91 bits per heavy atom. The van der Waals surface area contributed by atoms with Gasteiger partial charge in [0.2, 0.25) is 0 Å². The first kappa shape index (κ1) is 16.1. The summed E-state index contributed by atoms with van der Waals surface area (Å²) in [5, 5.41) is -0.647. The minimum absolute atomic E-state index is 0.0913. The lowest BCUT2D eigenvalue weighted by molar-refractivity contribution is -0.137. The van der Waals surface area contributed by atoms with E-state index in [1.165, 1.54) is 12.1 Å². The van der Waals surface area contributed by atoms with Crippen molar-refractivity contribution in [1.29, 1.82) is 0 Å². The van der Waals surface area contributed by atoms with Crippen LogP contribution in [0.4, 0.5) is 13.2 Å². The predicted molar refractivity (Wildman–Crippen MR) is 82.7 cm³/mol. The summed E-state index contributed by atoms with van der Waals surface area (Å²) < 4.78 is 41.9. The van der Waals surface area contributed by atoms with E-state index in [4.69, 9.17) is 11.6 Å². The molecule has 1 heterocycles. The molecule has 0 bridgehead atoms. The number of halogens is 4. The minimum atomic E-state index is -4.46. The van der Waals surface area contributed by atoms with Crippen molar-refractivity contribution in [2.24, 2.45) is 0 Å². The molecule has 0 unspecified atom stereocenters. The Morgan fingerprint density at radius 1 is 1.26 bits per heavy atom. The monoisotopic (exact) mass is 341 g/mol. The maximum atomic E-state index is 13.4. The summed E-state index contributed by atoms with van der Waals surface area (Å²) in [5.41, 5.74) is 0.592. The van der Waals surface area contributed by atoms with Crippen LogP contribution in [0.3, 0.4) is 0 Å². The number of carbonyl (C=O) groups excluding carboxylic acids is 1. The van der Waals surface area contributed by atoms with Crippen LogP contribution in [0.2, 0.25) is 0 Å². The number of aromatic nitrogens is 1. The normalized spacial score (nSPS) is 15.5. The second-order valence-corrected chi connectivity index (χ2v) is 6.17.